The van der Waals surface area contributed by atoms with E-state index in [2.05, 4.69) is 0 Å². The van der Waals surface area contributed by atoms with Crippen LogP contribution in [0.1, 0.15) is 17.5 Å². The molecule has 0 aliphatic heterocycles. The summed E-state index contributed by atoms with van der Waals surface area (Å²) >= 11 is 0. The first-order valence-electron chi connectivity index (χ1n) is 4.52. The van der Waals surface area contributed by atoms with E-state index in [1.165, 1.54) is 18.2 Å². The number of hydrogen-bond acceptors (Lipinski definition) is 2. The maximum atomic E-state index is 12.4. The summed E-state index contributed by atoms with van der Waals surface area (Å²) in [6.07, 6.45) is -0.727. The Kier molecular flexibility index (Phi) is 3.71. The predicted octanol–water partition coefficient (Wildman–Crippen LogP) is 2.89. The lowest BCUT2D eigenvalue weighted by Gasteiger charge is -2.08. The molecule has 0 spiro atoms. The van der Waals surface area contributed by atoms with Gasteiger partial charge in [0, 0.05) is 12.1 Å². The van der Waals surface area contributed by atoms with Crippen molar-refractivity contribution in [3.05, 3.63) is 35.4 Å². The van der Waals surface area contributed by atoms with E-state index in [0.29, 0.717) is 6.29 Å². The number of rotatable bonds is 3. The van der Waals surface area contributed by atoms with Gasteiger partial charge in [-0.15, -0.1) is 0 Å². The number of anilines is 1. The zero-order chi connectivity index (χ0) is 12.2. The van der Waals surface area contributed by atoms with Crippen LogP contribution < -0.4 is 5.73 Å². The summed E-state index contributed by atoms with van der Waals surface area (Å²) in [4.78, 5) is 10.0. The Bertz CT molecular complexity index is 410. The third-order valence-corrected chi connectivity index (χ3v) is 1.94. The van der Waals surface area contributed by atoms with Gasteiger partial charge >= 0.3 is 6.18 Å². The van der Waals surface area contributed by atoms with Crippen LogP contribution in [0.2, 0.25) is 0 Å². The van der Waals surface area contributed by atoms with Gasteiger partial charge in [-0.25, -0.2) is 0 Å². The molecule has 0 aliphatic carbocycles. The summed E-state index contributed by atoms with van der Waals surface area (Å²) in [5.74, 6) is 0. The number of allylic oxidation sites excluding steroid dienone is 1. The summed E-state index contributed by atoms with van der Waals surface area (Å²) in [5.41, 5.74) is 5.26. The molecule has 86 valence electrons. The Labute approximate surface area is 90.6 Å². The van der Waals surface area contributed by atoms with Crippen molar-refractivity contribution in [2.45, 2.75) is 12.6 Å². The first-order chi connectivity index (χ1) is 7.45. The van der Waals surface area contributed by atoms with E-state index < -0.39 is 11.7 Å². The second-order valence-electron chi connectivity index (χ2n) is 3.15. The molecule has 0 aliphatic rings. The summed E-state index contributed by atoms with van der Waals surface area (Å²) in [7, 11) is 0. The number of halogens is 3. The van der Waals surface area contributed by atoms with Crippen LogP contribution >= 0.6 is 0 Å². The second kappa shape index (κ2) is 4.83. The average molecular weight is 229 g/mol. The minimum Gasteiger partial charge on any atom is -0.398 e. The number of aldehydes is 1. The molecule has 0 saturated carbocycles. The Morgan fingerprint density at radius 1 is 1.31 bits per heavy atom. The largest absolute Gasteiger partial charge is 0.416 e. The van der Waals surface area contributed by atoms with E-state index in [9.17, 15) is 18.0 Å². The molecule has 1 aromatic carbocycles. The smallest absolute Gasteiger partial charge is 0.398 e. The van der Waals surface area contributed by atoms with Crippen molar-refractivity contribution in [1.82, 2.24) is 0 Å². The lowest BCUT2D eigenvalue weighted by Crippen LogP contribution is -2.05. The molecule has 0 unspecified atom stereocenters. The van der Waals surface area contributed by atoms with Crippen LogP contribution in [0.15, 0.2) is 24.3 Å². The predicted molar refractivity (Wildman–Crippen MR) is 55.6 cm³/mol. The molecule has 0 atom stereocenters. The van der Waals surface area contributed by atoms with Crippen LogP contribution in [-0.2, 0) is 11.0 Å². The van der Waals surface area contributed by atoms with Gasteiger partial charge in [-0.2, -0.15) is 13.2 Å². The molecule has 0 saturated heterocycles. The molecule has 1 aromatic rings. The number of carbonyl (C=O) groups excluding carboxylic acids is 1. The quantitative estimate of drug-likeness (QED) is 0.639. The van der Waals surface area contributed by atoms with Crippen LogP contribution in [0.25, 0.3) is 6.08 Å². The topological polar surface area (TPSA) is 43.1 Å². The van der Waals surface area contributed by atoms with Crippen molar-refractivity contribution in [1.29, 1.82) is 0 Å². The summed E-state index contributed by atoms with van der Waals surface area (Å²) in [6, 6.07) is 3.08. The summed E-state index contributed by atoms with van der Waals surface area (Å²) < 4.78 is 37.1. The molecule has 0 aromatic heterocycles. The molecule has 2 N–H and O–H groups in total. The summed E-state index contributed by atoms with van der Waals surface area (Å²) in [5, 5.41) is 0. The van der Waals surface area contributed by atoms with E-state index in [4.69, 9.17) is 5.73 Å². The number of nitrogen functional groups attached to an aromatic ring is 1. The van der Waals surface area contributed by atoms with Crippen LogP contribution in [0, 0.1) is 0 Å². The van der Waals surface area contributed by atoms with Gasteiger partial charge in [-0.3, -0.25) is 0 Å². The van der Waals surface area contributed by atoms with Gasteiger partial charge in [-0.1, -0.05) is 12.2 Å². The first-order valence-corrected chi connectivity index (χ1v) is 4.52. The maximum Gasteiger partial charge on any atom is 0.416 e. The lowest BCUT2D eigenvalue weighted by molar-refractivity contribution is -0.137. The Morgan fingerprint density at radius 2 is 2.00 bits per heavy atom. The van der Waals surface area contributed by atoms with Crippen LogP contribution in [0.5, 0.6) is 0 Å². The fourth-order valence-corrected chi connectivity index (χ4v) is 1.15. The maximum absolute atomic E-state index is 12.4. The highest BCUT2D eigenvalue weighted by Crippen LogP contribution is 2.31. The standard InChI is InChI=1S/C11H10F3NO/c12-11(13,14)9-4-5-10(15)8(7-9)3-1-2-6-16/h1,3-7H,2,15H2. The van der Waals surface area contributed by atoms with Crippen LogP contribution in [-0.4, -0.2) is 6.29 Å². The van der Waals surface area contributed by atoms with Crippen molar-refractivity contribution in [3.63, 3.8) is 0 Å². The zero-order valence-electron chi connectivity index (χ0n) is 8.29. The molecule has 2 nitrogen and oxygen atoms in total. The molecule has 5 heteroatoms. The monoisotopic (exact) mass is 229 g/mol. The van der Waals surface area contributed by atoms with Gasteiger partial charge in [-0.05, 0) is 23.8 Å². The van der Waals surface area contributed by atoms with Crippen molar-refractivity contribution >= 4 is 18.0 Å². The van der Waals surface area contributed by atoms with Crippen LogP contribution in [0.4, 0.5) is 18.9 Å². The SMILES string of the molecule is Nc1ccc(C(F)(F)F)cc1C=CCC=O. The Hall–Kier alpha value is -1.78. The van der Waals surface area contributed by atoms with Crippen molar-refractivity contribution in [3.8, 4) is 0 Å². The number of alkyl halides is 3. The third-order valence-electron chi connectivity index (χ3n) is 1.94. The molecule has 0 radical (unpaired) electrons. The number of nitrogens with two attached hydrogens (primary N) is 1. The minimum absolute atomic E-state index is 0.148. The second-order valence-corrected chi connectivity index (χ2v) is 3.15. The van der Waals surface area contributed by atoms with Crippen molar-refractivity contribution in [2.24, 2.45) is 0 Å². The molecule has 1 rings (SSSR count). The van der Waals surface area contributed by atoms with Crippen molar-refractivity contribution < 1.29 is 18.0 Å². The Balaban J connectivity index is 3.04. The van der Waals surface area contributed by atoms with E-state index in [1.807, 2.05) is 0 Å². The molecular weight excluding hydrogens is 219 g/mol. The molecule has 0 amide bonds. The first kappa shape index (κ1) is 12.3. The van der Waals surface area contributed by atoms with Gasteiger partial charge in [0.15, 0.2) is 0 Å². The van der Waals surface area contributed by atoms with E-state index in [1.54, 1.807) is 0 Å². The van der Waals surface area contributed by atoms with Gasteiger partial charge in [0.2, 0.25) is 0 Å². The number of carbonyl (C=O) groups is 1. The van der Waals surface area contributed by atoms with E-state index in [0.717, 1.165) is 12.1 Å². The molecule has 0 fully saturated rings. The Morgan fingerprint density at radius 3 is 2.56 bits per heavy atom. The van der Waals surface area contributed by atoms with E-state index in [-0.39, 0.29) is 17.7 Å². The lowest BCUT2D eigenvalue weighted by atomic mass is 10.1. The van der Waals surface area contributed by atoms with Crippen molar-refractivity contribution in [2.75, 3.05) is 5.73 Å². The number of hydrogen-bond donors (Lipinski definition) is 1. The fourth-order valence-electron chi connectivity index (χ4n) is 1.15. The van der Waals surface area contributed by atoms with E-state index >= 15 is 0 Å². The van der Waals surface area contributed by atoms with Gasteiger partial charge < -0.3 is 10.5 Å². The van der Waals surface area contributed by atoms with Gasteiger partial charge in [0.25, 0.3) is 0 Å². The molecule has 16 heavy (non-hydrogen) atoms. The zero-order valence-corrected chi connectivity index (χ0v) is 8.29. The highest BCUT2D eigenvalue weighted by atomic mass is 19.4. The van der Waals surface area contributed by atoms with Gasteiger partial charge in [0.1, 0.15) is 6.29 Å². The number of benzene rings is 1. The highest BCUT2D eigenvalue weighted by molar-refractivity contribution is 5.67. The fraction of sp³-hybridized carbons (Fsp3) is 0.182. The molecular formula is C11H10F3NO. The summed E-state index contributed by atoms with van der Waals surface area (Å²) in [6.45, 7) is 0. The normalized spacial score (nSPS) is 11.9. The minimum atomic E-state index is -4.39. The van der Waals surface area contributed by atoms with Gasteiger partial charge in [0.05, 0.1) is 5.56 Å². The third kappa shape index (κ3) is 3.12. The average Bonchev–Trinajstić information content (AvgIpc) is 2.19. The van der Waals surface area contributed by atoms with Crippen LogP contribution in [0.3, 0.4) is 0 Å². The highest BCUT2D eigenvalue weighted by Gasteiger charge is 2.30. The molecule has 0 bridgehead atoms. The molecule has 0 heterocycles.